The van der Waals surface area contributed by atoms with Crippen molar-refractivity contribution in [2.75, 3.05) is 19.6 Å². The fourth-order valence-electron chi connectivity index (χ4n) is 2.43. The lowest BCUT2D eigenvalue weighted by Crippen LogP contribution is -2.49. The van der Waals surface area contributed by atoms with E-state index >= 15 is 0 Å². The van der Waals surface area contributed by atoms with E-state index in [1.54, 1.807) is 11.3 Å². The van der Waals surface area contributed by atoms with E-state index in [1.807, 2.05) is 24.3 Å². The molecule has 0 spiro atoms. The summed E-state index contributed by atoms with van der Waals surface area (Å²) in [4.78, 5) is 7.24. The van der Waals surface area contributed by atoms with Gasteiger partial charge in [0, 0.05) is 48.2 Å². The number of piperazine rings is 1. The summed E-state index contributed by atoms with van der Waals surface area (Å²) >= 11 is 7.62. The maximum absolute atomic E-state index is 5.92. The molecule has 0 radical (unpaired) electrons. The highest BCUT2D eigenvalue weighted by Gasteiger charge is 2.18. The summed E-state index contributed by atoms with van der Waals surface area (Å²) in [6.07, 6.45) is 0. The molecule has 1 fully saturated rings. The van der Waals surface area contributed by atoms with E-state index in [1.165, 1.54) is 0 Å². The van der Waals surface area contributed by atoms with E-state index in [9.17, 15) is 0 Å². The highest BCUT2D eigenvalue weighted by atomic mass is 35.5. The maximum Gasteiger partial charge on any atom is 0.123 e. The molecule has 1 aromatic heterocycles. The number of nitrogens with zero attached hydrogens (tertiary/aromatic N) is 2. The van der Waals surface area contributed by atoms with Crippen LogP contribution in [0.5, 0.6) is 0 Å². The van der Waals surface area contributed by atoms with Crippen molar-refractivity contribution in [3.05, 3.63) is 40.4 Å². The van der Waals surface area contributed by atoms with Gasteiger partial charge in [-0.05, 0) is 19.1 Å². The number of hydrogen-bond acceptors (Lipinski definition) is 4. The molecule has 0 saturated carbocycles. The molecule has 122 valence electrons. The SMILES string of the molecule is C[C@H]1CNCCN1Cc1csc(-c2ccc(Cl)cc2)n1.Cl.Cl. The fraction of sp³-hybridized carbons (Fsp3) is 0.400. The van der Waals surface area contributed by atoms with Crippen LogP contribution < -0.4 is 5.32 Å². The largest absolute Gasteiger partial charge is 0.314 e. The Bertz CT molecular complexity index is 574. The number of nitrogens with one attached hydrogen (secondary N) is 1. The van der Waals surface area contributed by atoms with Crippen molar-refractivity contribution in [3.63, 3.8) is 0 Å². The number of thiazole rings is 1. The number of rotatable bonds is 3. The maximum atomic E-state index is 5.92. The van der Waals surface area contributed by atoms with Crippen molar-refractivity contribution in [2.24, 2.45) is 0 Å². The number of aromatic nitrogens is 1. The van der Waals surface area contributed by atoms with Gasteiger partial charge in [0.2, 0.25) is 0 Å². The Hall–Kier alpha value is -0.360. The number of benzene rings is 1. The highest BCUT2D eigenvalue weighted by Crippen LogP contribution is 2.25. The van der Waals surface area contributed by atoms with Gasteiger partial charge in [0.25, 0.3) is 0 Å². The third kappa shape index (κ3) is 4.82. The minimum Gasteiger partial charge on any atom is -0.314 e. The van der Waals surface area contributed by atoms with Gasteiger partial charge >= 0.3 is 0 Å². The Morgan fingerprint density at radius 2 is 2.05 bits per heavy atom. The van der Waals surface area contributed by atoms with Crippen LogP contribution >= 0.6 is 47.8 Å². The lowest BCUT2D eigenvalue weighted by Gasteiger charge is -2.33. The van der Waals surface area contributed by atoms with Crippen molar-refractivity contribution in [1.82, 2.24) is 15.2 Å². The van der Waals surface area contributed by atoms with Crippen LogP contribution in [0.3, 0.4) is 0 Å². The summed E-state index contributed by atoms with van der Waals surface area (Å²) in [6.45, 7) is 6.42. The van der Waals surface area contributed by atoms with Gasteiger partial charge in [-0.15, -0.1) is 36.2 Å². The van der Waals surface area contributed by atoms with Crippen LogP contribution in [0, 0.1) is 0 Å². The first-order valence-electron chi connectivity index (χ1n) is 6.87. The van der Waals surface area contributed by atoms with Crippen molar-refractivity contribution >= 4 is 47.8 Å². The van der Waals surface area contributed by atoms with Gasteiger partial charge in [-0.3, -0.25) is 4.90 Å². The lowest BCUT2D eigenvalue weighted by molar-refractivity contribution is 0.164. The second-order valence-corrected chi connectivity index (χ2v) is 6.47. The zero-order chi connectivity index (χ0) is 13.9. The van der Waals surface area contributed by atoms with Gasteiger partial charge < -0.3 is 5.32 Å². The highest BCUT2D eigenvalue weighted by molar-refractivity contribution is 7.13. The van der Waals surface area contributed by atoms with Crippen molar-refractivity contribution < 1.29 is 0 Å². The van der Waals surface area contributed by atoms with Gasteiger partial charge in [0.15, 0.2) is 0 Å². The lowest BCUT2D eigenvalue weighted by atomic mass is 10.2. The smallest absolute Gasteiger partial charge is 0.123 e. The first-order chi connectivity index (χ1) is 9.72. The topological polar surface area (TPSA) is 28.2 Å². The van der Waals surface area contributed by atoms with Gasteiger partial charge in [-0.1, -0.05) is 23.7 Å². The molecule has 22 heavy (non-hydrogen) atoms. The molecule has 1 aliphatic rings. The van der Waals surface area contributed by atoms with Crippen LogP contribution in [0.15, 0.2) is 29.6 Å². The van der Waals surface area contributed by atoms with E-state index in [2.05, 4.69) is 22.5 Å². The Kier molecular flexibility index (Phi) is 8.11. The van der Waals surface area contributed by atoms with Crippen LogP contribution in [-0.2, 0) is 6.54 Å². The van der Waals surface area contributed by atoms with Crippen LogP contribution in [0.2, 0.25) is 5.02 Å². The van der Waals surface area contributed by atoms with Gasteiger partial charge in [0.05, 0.1) is 5.69 Å². The molecular weight excluding hydrogens is 361 g/mol. The Labute approximate surface area is 152 Å². The fourth-order valence-corrected chi connectivity index (χ4v) is 3.37. The summed E-state index contributed by atoms with van der Waals surface area (Å²) in [5.41, 5.74) is 2.30. The predicted octanol–water partition coefficient (Wildman–Crippen LogP) is 4.10. The molecular formula is C15H20Cl3N3S. The molecule has 7 heteroatoms. The normalized spacial score (nSPS) is 18.4. The Balaban J connectivity index is 0.00000121. The average Bonchev–Trinajstić information content (AvgIpc) is 2.91. The van der Waals surface area contributed by atoms with Crippen molar-refractivity contribution in [2.45, 2.75) is 19.5 Å². The van der Waals surface area contributed by atoms with Gasteiger partial charge in [0.1, 0.15) is 5.01 Å². The van der Waals surface area contributed by atoms with E-state index in [0.717, 1.165) is 47.5 Å². The summed E-state index contributed by atoms with van der Waals surface area (Å²) < 4.78 is 0. The third-order valence-corrected chi connectivity index (χ3v) is 4.84. The molecule has 2 heterocycles. The Morgan fingerprint density at radius 3 is 2.73 bits per heavy atom. The standard InChI is InChI=1S/C15H18ClN3S.2ClH/c1-11-8-17-6-7-19(11)9-14-10-20-15(18-14)12-2-4-13(16)5-3-12;;/h2-5,10-11,17H,6-9H2,1H3;2*1H/t11-;;/m0../s1. The first-order valence-corrected chi connectivity index (χ1v) is 8.13. The summed E-state index contributed by atoms with van der Waals surface area (Å²) in [7, 11) is 0. The zero-order valence-electron chi connectivity index (χ0n) is 12.3. The molecule has 1 atom stereocenters. The summed E-state index contributed by atoms with van der Waals surface area (Å²) in [6, 6.07) is 8.45. The van der Waals surface area contributed by atoms with E-state index in [0.29, 0.717) is 6.04 Å². The average molecular weight is 381 g/mol. The first kappa shape index (κ1) is 19.7. The molecule has 1 saturated heterocycles. The molecule has 0 aliphatic carbocycles. The van der Waals surface area contributed by atoms with Crippen molar-refractivity contribution in [3.8, 4) is 10.6 Å². The molecule has 2 aromatic rings. The van der Waals surface area contributed by atoms with Crippen LogP contribution in [-0.4, -0.2) is 35.6 Å². The Morgan fingerprint density at radius 1 is 1.32 bits per heavy atom. The number of hydrogen-bond donors (Lipinski definition) is 1. The summed E-state index contributed by atoms with van der Waals surface area (Å²) in [5, 5.41) is 7.41. The minimum atomic E-state index is 0. The third-order valence-electron chi connectivity index (χ3n) is 3.65. The predicted molar refractivity (Wildman–Crippen MR) is 99.8 cm³/mol. The van der Waals surface area contributed by atoms with E-state index in [4.69, 9.17) is 16.6 Å². The van der Waals surface area contributed by atoms with Crippen LogP contribution in [0.25, 0.3) is 10.6 Å². The van der Waals surface area contributed by atoms with E-state index in [-0.39, 0.29) is 24.8 Å². The van der Waals surface area contributed by atoms with Crippen LogP contribution in [0.1, 0.15) is 12.6 Å². The van der Waals surface area contributed by atoms with Gasteiger partial charge in [-0.2, -0.15) is 0 Å². The summed E-state index contributed by atoms with van der Waals surface area (Å²) in [5.74, 6) is 0. The number of halogens is 3. The van der Waals surface area contributed by atoms with Crippen molar-refractivity contribution in [1.29, 1.82) is 0 Å². The quantitative estimate of drug-likeness (QED) is 0.869. The van der Waals surface area contributed by atoms with Crippen LogP contribution in [0.4, 0.5) is 0 Å². The van der Waals surface area contributed by atoms with Gasteiger partial charge in [-0.25, -0.2) is 4.98 Å². The monoisotopic (exact) mass is 379 g/mol. The molecule has 0 amide bonds. The molecule has 0 unspecified atom stereocenters. The van der Waals surface area contributed by atoms with E-state index < -0.39 is 0 Å². The second-order valence-electron chi connectivity index (χ2n) is 5.17. The zero-order valence-corrected chi connectivity index (χ0v) is 15.5. The molecule has 1 aliphatic heterocycles. The second kappa shape index (κ2) is 9.06. The minimum absolute atomic E-state index is 0. The molecule has 1 N–H and O–H groups in total. The molecule has 3 rings (SSSR count). The molecule has 0 bridgehead atoms. The molecule has 1 aromatic carbocycles. The molecule has 3 nitrogen and oxygen atoms in total.